The molecule has 4 nitrogen and oxygen atoms in total. The molecule has 12 heavy (non-hydrogen) atoms. The van der Waals surface area contributed by atoms with Crippen LogP contribution < -0.4 is 11.1 Å². The highest BCUT2D eigenvalue weighted by molar-refractivity contribution is 5.72. The van der Waals surface area contributed by atoms with Crippen LogP contribution in [0, 0.1) is 0 Å². The van der Waals surface area contributed by atoms with E-state index in [1.54, 1.807) is 0 Å². The van der Waals surface area contributed by atoms with E-state index in [4.69, 9.17) is 10.8 Å². The molecule has 0 aliphatic carbocycles. The van der Waals surface area contributed by atoms with Crippen molar-refractivity contribution in [3.8, 4) is 0 Å². The van der Waals surface area contributed by atoms with Crippen LogP contribution in [0.15, 0.2) is 0 Å². The van der Waals surface area contributed by atoms with Gasteiger partial charge in [0.15, 0.2) is 0 Å². The van der Waals surface area contributed by atoms with E-state index in [1.165, 1.54) is 6.92 Å². The lowest BCUT2D eigenvalue weighted by Crippen LogP contribution is -2.25. The Morgan fingerprint density at radius 2 is 2.25 bits per heavy atom. The van der Waals surface area contributed by atoms with Gasteiger partial charge in [0.1, 0.15) is 0 Å². The average Bonchev–Trinajstić information content (AvgIpc) is 2.03. The molecular weight excluding hydrogens is 156 g/mol. The topological polar surface area (TPSA) is 75.4 Å². The number of unbranched alkanes of at least 4 members (excludes halogenated alkanes) is 1. The first-order chi connectivity index (χ1) is 5.66. The number of amides is 1. The Bertz CT molecular complexity index is 128. The summed E-state index contributed by atoms with van der Waals surface area (Å²) in [6.45, 7) is 2.24. The molecular formula is C8H18N2O2. The Morgan fingerprint density at radius 3 is 2.75 bits per heavy atom. The van der Waals surface area contributed by atoms with E-state index in [1.807, 2.05) is 0 Å². The minimum absolute atomic E-state index is 0.00135. The maximum Gasteiger partial charge on any atom is 0.216 e. The molecule has 0 saturated heterocycles. The predicted molar refractivity (Wildman–Crippen MR) is 47.6 cm³/mol. The van der Waals surface area contributed by atoms with E-state index in [2.05, 4.69) is 5.32 Å². The third kappa shape index (κ3) is 7.50. The molecule has 4 N–H and O–H groups in total. The second kappa shape index (κ2) is 7.06. The highest BCUT2D eigenvalue weighted by atomic mass is 16.3. The van der Waals surface area contributed by atoms with Gasteiger partial charge >= 0.3 is 0 Å². The summed E-state index contributed by atoms with van der Waals surface area (Å²) in [4.78, 5) is 10.4. The lowest BCUT2D eigenvalue weighted by Gasteiger charge is -2.07. The number of carbonyl (C=O) groups excluding carboxylic acids is 1. The average molecular weight is 174 g/mol. The van der Waals surface area contributed by atoms with Crippen LogP contribution in [-0.4, -0.2) is 30.2 Å². The van der Waals surface area contributed by atoms with Gasteiger partial charge in [0.25, 0.3) is 0 Å². The summed E-state index contributed by atoms with van der Waals surface area (Å²) in [7, 11) is 0. The molecule has 0 aromatic rings. The first kappa shape index (κ1) is 11.4. The smallest absolute Gasteiger partial charge is 0.216 e. The summed E-state index contributed by atoms with van der Waals surface area (Å²) in [6.07, 6.45) is 2.69. The molecule has 0 aromatic heterocycles. The van der Waals surface area contributed by atoms with Crippen molar-refractivity contribution >= 4 is 5.91 Å². The number of hydrogen-bond donors (Lipinski definition) is 3. The molecule has 0 radical (unpaired) electrons. The van der Waals surface area contributed by atoms with Crippen molar-refractivity contribution in [1.82, 2.24) is 5.32 Å². The second-order valence-electron chi connectivity index (χ2n) is 2.92. The number of nitrogens with one attached hydrogen (secondary N) is 1. The number of rotatable bonds is 6. The van der Waals surface area contributed by atoms with Crippen LogP contribution in [0.25, 0.3) is 0 Å². The van der Waals surface area contributed by atoms with Crippen molar-refractivity contribution in [1.29, 1.82) is 0 Å². The zero-order valence-corrected chi connectivity index (χ0v) is 7.55. The Hall–Kier alpha value is -0.610. The second-order valence-corrected chi connectivity index (χ2v) is 2.92. The van der Waals surface area contributed by atoms with Crippen molar-refractivity contribution < 1.29 is 9.90 Å². The standard InChI is InChI=1S/C8H18N2O2/c1-7(12)10-5-3-2-4-8(9)6-11/h8,11H,2-6,9H2,1H3,(H,10,12)/t8-/m0/s1. The number of aliphatic hydroxyl groups excluding tert-OH is 1. The van der Waals surface area contributed by atoms with Crippen LogP contribution >= 0.6 is 0 Å². The lowest BCUT2D eigenvalue weighted by molar-refractivity contribution is -0.118. The largest absolute Gasteiger partial charge is 0.395 e. The van der Waals surface area contributed by atoms with Gasteiger partial charge in [-0.05, 0) is 12.8 Å². The number of hydrogen-bond acceptors (Lipinski definition) is 3. The maximum atomic E-state index is 10.4. The molecule has 1 atom stereocenters. The third-order valence-electron chi connectivity index (χ3n) is 1.61. The minimum atomic E-state index is -0.109. The summed E-state index contributed by atoms with van der Waals surface area (Å²) in [5, 5.41) is 11.3. The van der Waals surface area contributed by atoms with Gasteiger partial charge in [0.05, 0.1) is 6.61 Å². The van der Waals surface area contributed by atoms with Crippen molar-refractivity contribution in [2.75, 3.05) is 13.2 Å². The Kier molecular flexibility index (Phi) is 6.70. The molecule has 4 heteroatoms. The molecule has 0 aromatic carbocycles. The summed E-state index contributed by atoms with van der Waals surface area (Å²) >= 11 is 0. The van der Waals surface area contributed by atoms with Crippen LogP contribution in [0.4, 0.5) is 0 Å². The molecule has 0 spiro atoms. The van der Waals surface area contributed by atoms with Gasteiger partial charge in [0, 0.05) is 19.5 Å². The monoisotopic (exact) mass is 174 g/mol. The van der Waals surface area contributed by atoms with Crippen LogP contribution in [0.3, 0.4) is 0 Å². The first-order valence-corrected chi connectivity index (χ1v) is 4.27. The molecule has 0 aliphatic rings. The Morgan fingerprint density at radius 1 is 1.58 bits per heavy atom. The lowest BCUT2D eigenvalue weighted by atomic mass is 10.1. The zero-order valence-electron chi connectivity index (χ0n) is 7.55. The van der Waals surface area contributed by atoms with E-state index in [0.29, 0.717) is 6.54 Å². The van der Waals surface area contributed by atoms with Gasteiger partial charge < -0.3 is 16.2 Å². The van der Waals surface area contributed by atoms with E-state index in [-0.39, 0.29) is 18.6 Å². The van der Waals surface area contributed by atoms with E-state index in [9.17, 15) is 4.79 Å². The molecule has 0 rings (SSSR count). The maximum absolute atomic E-state index is 10.4. The predicted octanol–water partition coefficient (Wildman–Crippen LogP) is -0.388. The third-order valence-corrected chi connectivity index (χ3v) is 1.61. The zero-order chi connectivity index (χ0) is 9.40. The highest BCUT2D eigenvalue weighted by Gasteiger charge is 1.98. The fourth-order valence-electron chi connectivity index (χ4n) is 0.887. The SMILES string of the molecule is CC(=O)NCCCC[C@H](N)CO. The van der Waals surface area contributed by atoms with Gasteiger partial charge in [-0.25, -0.2) is 0 Å². The van der Waals surface area contributed by atoms with E-state index >= 15 is 0 Å². The van der Waals surface area contributed by atoms with Crippen molar-refractivity contribution in [2.24, 2.45) is 5.73 Å². The molecule has 0 heterocycles. The summed E-state index contributed by atoms with van der Waals surface area (Å²) < 4.78 is 0. The first-order valence-electron chi connectivity index (χ1n) is 4.27. The molecule has 1 amide bonds. The summed E-state index contributed by atoms with van der Waals surface area (Å²) in [5.41, 5.74) is 5.48. The molecule has 0 aliphatic heterocycles. The highest BCUT2D eigenvalue weighted by Crippen LogP contribution is 1.96. The molecule has 0 saturated carbocycles. The molecule has 0 fully saturated rings. The van der Waals surface area contributed by atoms with E-state index < -0.39 is 0 Å². The Labute approximate surface area is 73.1 Å². The van der Waals surface area contributed by atoms with Crippen LogP contribution in [0.1, 0.15) is 26.2 Å². The van der Waals surface area contributed by atoms with Gasteiger partial charge in [-0.3, -0.25) is 4.79 Å². The van der Waals surface area contributed by atoms with Crippen LogP contribution in [0.2, 0.25) is 0 Å². The number of nitrogens with two attached hydrogens (primary N) is 1. The Balaban J connectivity index is 3.05. The summed E-state index contributed by atoms with van der Waals surface area (Å²) in [5.74, 6) is 0.00135. The van der Waals surface area contributed by atoms with Gasteiger partial charge in [0.2, 0.25) is 5.91 Å². The number of carbonyl (C=O) groups is 1. The van der Waals surface area contributed by atoms with Gasteiger partial charge in [-0.2, -0.15) is 0 Å². The van der Waals surface area contributed by atoms with Crippen molar-refractivity contribution in [3.63, 3.8) is 0 Å². The fraction of sp³-hybridized carbons (Fsp3) is 0.875. The van der Waals surface area contributed by atoms with Gasteiger partial charge in [-0.15, -0.1) is 0 Å². The normalized spacial score (nSPS) is 12.6. The van der Waals surface area contributed by atoms with E-state index in [0.717, 1.165) is 19.3 Å². The van der Waals surface area contributed by atoms with Gasteiger partial charge in [-0.1, -0.05) is 6.42 Å². The minimum Gasteiger partial charge on any atom is -0.395 e. The van der Waals surface area contributed by atoms with Crippen molar-refractivity contribution in [3.05, 3.63) is 0 Å². The molecule has 72 valence electrons. The number of aliphatic hydroxyl groups is 1. The fourth-order valence-corrected chi connectivity index (χ4v) is 0.887. The quantitative estimate of drug-likeness (QED) is 0.480. The molecule has 0 bridgehead atoms. The van der Waals surface area contributed by atoms with Crippen LogP contribution in [-0.2, 0) is 4.79 Å². The van der Waals surface area contributed by atoms with Crippen molar-refractivity contribution in [2.45, 2.75) is 32.2 Å². The van der Waals surface area contributed by atoms with Crippen LogP contribution in [0.5, 0.6) is 0 Å². The molecule has 0 unspecified atom stereocenters. The summed E-state index contributed by atoms with van der Waals surface area (Å²) in [6, 6.07) is -0.109.